The predicted molar refractivity (Wildman–Crippen MR) is 58.0 cm³/mol. The van der Waals surface area contributed by atoms with Gasteiger partial charge in [0.2, 0.25) is 0 Å². The van der Waals surface area contributed by atoms with Crippen molar-refractivity contribution in [2.24, 2.45) is 0 Å². The smallest absolute Gasteiger partial charge is 0.255 e. The molecule has 0 aliphatic rings. The van der Waals surface area contributed by atoms with Crippen LogP contribution in [-0.2, 0) is 0 Å². The van der Waals surface area contributed by atoms with Crippen LogP contribution < -0.4 is 5.73 Å². The maximum Gasteiger partial charge on any atom is 0.255 e. The molecule has 0 heterocycles. The van der Waals surface area contributed by atoms with Crippen molar-refractivity contribution in [3.05, 3.63) is 29.3 Å². The minimum Gasteiger partial charge on any atom is -0.398 e. The van der Waals surface area contributed by atoms with E-state index in [9.17, 15) is 13.6 Å². The summed E-state index contributed by atoms with van der Waals surface area (Å²) in [6, 6.07) is 1.65. The Bertz CT molecular complexity index is 407. The van der Waals surface area contributed by atoms with Gasteiger partial charge in [-0.25, -0.2) is 8.78 Å². The second kappa shape index (κ2) is 4.92. The normalized spacial score (nSPS) is 10.2. The second-order valence-electron chi connectivity index (χ2n) is 3.58. The Morgan fingerprint density at radius 1 is 1.38 bits per heavy atom. The van der Waals surface area contributed by atoms with Gasteiger partial charge in [-0.1, -0.05) is 6.92 Å². The van der Waals surface area contributed by atoms with E-state index in [-0.39, 0.29) is 11.3 Å². The zero-order chi connectivity index (χ0) is 12.3. The number of halogens is 2. The molecule has 0 saturated heterocycles. The lowest BCUT2D eigenvalue weighted by molar-refractivity contribution is 0.0795. The van der Waals surface area contributed by atoms with E-state index in [2.05, 4.69) is 0 Å². The zero-order valence-electron chi connectivity index (χ0n) is 9.26. The van der Waals surface area contributed by atoms with Crippen LogP contribution in [0.4, 0.5) is 14.5 Å². The second-order valence-corrected chi connectivity index (χ2v) is 3.58. The van der Waals surface area contributed by atoms with Gasteiger partial charge in [0.1, 0.15) is 0 Å². The third-order valence-corrected chi connectivity index (χ3v) is 2.23. The van der Waals surface area contributed by atoms with Crippen LogP contribution in [0, 0.1) is 11.6 Å². The summed E-state index contributed by atoms with van der Waals surface area (Å²) in [4.78, 5) is 13.2. The monoisotopic (exact) mass is 228 g/mol. The van der Waals surface area contributed by atoms with E-state index in [1.165, 1.54) is 4.90 Å². The molecule has 16 heavy (non-hydrogen) atoms. The standard InChI is InChI=1S/C11H14F2N2O/c1-3-4-15(2)11(16)7-5-8(12)9(13)6-10(7)14/h5-6H,3-4,14H2,1-2H3. The van der Waals surface area contributed by atoms with Gasteiger partial charge in [0.25, 0.3) is 5.91 Å². The molecule has 0 unspecified atom stereocenters. The third kappa shape index (κ3) is 2.48. The Balaban J connectivity index is 3.04. The van der Waals surface area contributed by atoms with Crippen molar-refractivity contribution in [2.75, 3.05) is 19.3 Å². The third-order valence-electron chi connectivity index (χ3n) is 2.23. The highest BCUT2D eigenvalue weighted by Crippen LogP contribution is 2.18. The Hall–Kier alpha value is -1.65. The van der Waals surface area contributed by atoms with E-state index >= 15 is 0 Å². The SMILES string of the molecule is CCCN(C)C(=O)c1cc(F)c(F)cc1N. The number of anilines is 1. The Morgan fingerprint density at radius 3 is 2.50 bits per heavy atom. The van der Waals surface area contributed by atoms with Crippen LogP contribution in [0.1, 0.15) is 23.7 Å². The summed E-state index contributed by atoms with van der Waals surface area (Å²) >= 11 is 0. The predicted octanol–water partition coefficient (Wildman–Crippen LogP) is 2.03. The summed E-state index contributed by atoms with van der Waals surface area (Å²) in [6.45, 7) is 2.45. The molecule has 2 N–H and O–H groups in total. The highest BCUT2D eigenvalue weighted by molar-refractivity contribution is 5.99. The van der Waals surface area contributed by atoms with Crippen LogP contribution in [0.25, 0.3) is 0 Å². The van der Waals surface area contributed by atoms with E-state index in [0.717, 1.165) is 18.6 Å². The summed E-state index contributed by atoms with van der Waals surface area (Å²) in [7, 11) is 1.59. The van der Waals surface area contributed by atoms with Gasteiger partial charge in [-0.2, -0.15) is 0 Å². The van der Waals surface area contributed by atoms with Gasteiger partial charge in [0, 0.05) is 25.3 Å². The maximum absolute atomic E-state index is 13.0. The van der Waals surface area contributed by atoms with Crippen LogP contribution in [0.15, 0.2) is 12.1 Å². The van der Waals surface area contributed by atoms with Gasteiger partial charge in [0.05, 0.1) is 5.56 Å². The number of rotatable bonds is 3. The molecule has 1 rings (SSSR count). The number of carbonyl (C=O) groups is 1. The minimum absolute atomic E-state index is 0.00477. The number of carbonyl (C=O) groups excluding carboxylic acids is 1. The zero-order valence-corrected chi connectivity index (χ0v) is 9.26. The quantitative estimate of drug-likeness (QED) is 0.804. The molecule has 0 radical (unpaired) electrons. The largest absolute Gasteiger partial charge is 0.398 e. The lowest BCUT2D eigenvalue weighted by atomic mass is 10.1. The lowest BCUT2D eigenvalue weighted by Gasteiger charge is -2.17. The topological polar surface area (TPSA) is 46.3 Å². The van der Waals surface area contributed by atoms with Gasteiger partial charge in [-0.3, -0.25) is 4.79 Å². The summed E-state index contributed by atoms with van der Waals surface area (Å²) in [5, 5.41) is 0. The van der Waals surface area contributed by atoms with Crippen LogP contribution in [0.2, 0.25) is 0 Å². The highest BCUT2D eigenvalue weighted by atomic mass is 19.2. The molecule has 0 aliphatic carbocycles. The van der Waals surface area contributed by atoms with E-state index < -0.39 is 17.5 Å². The first-order valence-corrected chi connectivity index (χ1v) is 4.97. The number of amides is 1. The molecule has 1 aromatic carbocycles. The number of hydrogen-bond acceptors (Lipinski definition) is 2. The average molecular weight is 228 g/mol. The van der Waals surface area contributed by atoms with Crippen molar-refractivity contribution in [1.82, 2.24) is 4.90 Å². The Morgan fingerprint density at radius 2 is 1.94 bits per heavy atom. The number of nitrogens with zero attached hydrogens (tertiary/aromatic N) is 1. The Kier molecular flexibility index (Phi) is 3.82. The summed E-state index contributed by atoms with van der Waals surface area (Å²) < 4.78 is 25.8. The van der Waals surface area contributed by atoms with Crippen molar-refractivity contribution in [2.45, 2.75) is 13.3 Å². The molecule has 1 aromatic rings. The first kappa shape index (κ1) is 12.4. The molecule has 0 fully saturated rings. The van der Waals surface area contributed by atoms with Gasteiger partial charge < -0.3 is 10.6 Å². The Labute approximate surface area is 92.8 Å². The van der Waals surface area contributed by atoms with Crippen LogP contribution in [0.5, 0.6) is 0 Å². The van der Waals surface area contributed by atoms with Crippen LogP contribution >= 0.6 is 0 Å². The van der Waals surface area contributed by atoms with E-state index in [1.807, 2.05) is 6.92 Å². The number of nitrogen functional groups attached to an aromatic ring is 1. The molecule has 0 aromatic heterocycles. The lowest BCUT2D eigenvalue weighted by Crippen LogP contribution is -2.28. The first-order valence-electron chi connectivity index (χ1n) is 4.97. The van der Waals surface area contributed by atoms with Crippen molar-refractivity contribution >= 4 is 11.6 Å². The van der Waals surface area contributed by atoms with Gasteiger partial charge >= 0.3 is 0 Å². The molecular weight excluding hydrogens is 214 g/mol. The maximum atomic E-state index is 13.0. The van der Waals surface area contributed by atoms with Gasteiger partial charge in [0.15, 0.2) is 11.6 Å². The molecule has 0 spiro atoms. The summed E-state index contributed by atoms with van der Waals surface area (Å²) in [5.41, 5.74) is 5.42. The molecule has 0 bridgehead atoms. The highest BCUT2D eigenvalue weighted by Gasteiger charge is 2.17. The van der Waals surface area contributed by atoms with Crippen molar-refractivity contribution < 1.29 is 13.6 Å². The number of benzene rings is 1. The fourth-order valence-corrected chi connectivity index (χ4v) is 1.39. The molecule has 3 nitrogen and oxygen atoms in total. The van der Waals surface area contributed by atoms with Crippen molar-refractivity contribution in [3.8, 4) is 0 Å². The minimum atomic E-state index is -1.07. The molecule has 0 atom stereocenters. The molecule has 0 saturated carbocycles. The van der Waals surface area contributed by atoms with Crippen LogP contribution in [0.3, 0.4) is 0 Å². The van der Waals surface area contributed by atoms with Gasteiger partial charge in [-0.15, -0.1) is 0 Å². The first-order chi connectivity index (χ1) is 7.47. The fraction of sp³-hybridized carbons (Fsp3) is 0.364. The van der Waals surface area contributed by atoms with Crippen molar-refractivity contribution in [1.29, 1.82) is 0 Å². The van der Waals surface area contributed by atoms with E-state index in [1.54, 1.807) is 7.05 Å². The fourth-order valence-electron chi connectivity index (χ4n) is 1.39. The van der Waals surface area contributed by atoms with Crippen LogP contribution in [-0.4, -0.2) is 24.4 Å². The number of nitrogens with two attached hydrogens (primary N) is 1. The summed E-state index contributed by atoms with van der Waals surface area (Å²) in [5.74, 6) is -2.52. The van der Waals surface area contributed by atoms with Crippen molar-refractivity contribution in [3.63, 3.8) is 0 Å². The van der Waals surface area contributed by atoms with Gasteiger partial charge in [-0.05, 0) is 12.5 Å². The molecular formula is C11H14F2N2O. The molecule has 1 amide bonds. The number of hydrogen-bond donors (Lipinski definition) is 1. The molecule has 5 heteroatoms. The summed E-state index contributed by atoms with van der Waals surface area (Å²) in [6.07, 6.45) is 0.784. The molecule has 0 aliphatic heterocycles. The average Bonchev–Trinajstić information content (AvgIpc) is 2.23. The van der Waals surface area contributed by atoms with E-state index in [4.69, 9.17) is 5.73 Å². The van der Waals surface area contributed by atoms with E-state index in [0.29, 0.717) is 6.54 Å². The molecule has 88 valence electrons.